The summed E-state index contributed by atoms with van der Waals surface area (Å²) in [6.45, 7) is 6.28. The summed E-state index contributed by atoms with van der Waals surface area (Å²) >= 11 is 1.70. The third kappa shape index (κ3) is 3.84. The van der Waals surface area contributed by atoms with Crippen LogP contribution in [0.4, 0.5) is 0 Å². The van der Waals surface area contributed by atoms with Crippen LogP contribution in [0, 0.1) is 12.8 Å². The molecule has 20 heavy (non-hydrogen) atoms. The van der Waals surface area contributed by atoms with Crippen molar-refractivity contribution < 1.29 is 4.52 Å². The topological polar surface area (TPSA) is 64.9 Å². The van der Waals surface area contributed by atoms with Crippen molar-refractivity contribution in [3.63, 3.8) is 0 Å². The van der Waals surface area contributed by atoms with Crippen molar-refractivity contribution in [2.45, 2.75) is 43.9 Å². The largest absolute Gasteiger partial charge is 0.338 e. The molecule has 4 nitrogen and oxygen atoms in total. The van der Waals surface area contributed by atoms with E-state index in [0.29, 0.717) is 23.4 Å². The highest BCUT2D eigenvalue weighted by Crippen LogP contribution is 2.24. The minimum Gasteiger partial charge on any atom is -0.338 e. The summed E-state index contributed by atoms with van der Waals surface area (Å²) in [6.07, 6.45) is 0.997. The number of benzene rings is 1. The predicted octanol–water partition coefficient (Wildman–Crippen LogP) is 3.72. The van der Waals surface area contributed by atoms with Gasteiger partial charge in [0.05, 0.1) is 11.8 Å². The van der Waals surface area contributed by atoms with Gasteiger partial charge in [-0.1, -0.05) is 43.1 Å². The third-order valence-electron chi connectivity index (χ3n) is 3.41. The maximum Gasteiger partial charge on any atom is 0.243 e. The monoisotopic (exact) mass is 291 g/mol. The van der Waals surface area contributed by atoms with Gasteiger partial charge >= 0.3 is 0 Å². The van der Waals surface area contributed by atoms with Crippen LogP contribution in [0.1, 0.15) is 43.6 Å². The van der Waals surface area contributed by atoms with E-state index in [1.54, 1.807) is 11.8 Å². The molecule has 0 amide bonds. The molecule has 0 fully saturated rings. The first-order valence-electron chi connectivity index (χ1n) is 6.87. The van der Waals surface area contributed by atoms with E-state index in [0.717, 1.165) is 6.42 Å². The summed E-state index contributed by atoms with van der Waals surface area (Å²) < 4.78 is 5.26. The molecule has 0 bridgehead atoms. The van der Waals surface area contributed by atoms with Gasteiger partial charge in [0.25, 0.3) is 0 Å². The van der Waals surface area contributed by atoms with Gasteiger partial charge in [-0.2, -0.15) is 4.98 Å². The Morgan fingerprint density at radius 3 is 2.65 bits per heavy atom. The number of aryl methyl sites for hydroxylation is 1. The lowest BCUT2D eigenvalue weighted by Gasteiger charge is -2.12. The van der Waals surface area contributed by atoms with Gasteiger partial charge in [0.1, 0.15) is 0 Å². The van der Waals surface area contributed by atoms with Crippen LogP contribution in [0.15, 0.2) is 33.7 Å². The Kier molecular flexibility index (Phi) is 5.20. The minimum absolute atomic E-state index is 0.175. The fourth-order valence-corrected chi connectivity index (χ4v) is 2.48. The molecular formula is C15H21N3OS. The number of nitrogens with two attached hydrogens (primary N) is 1. The van der Waals surface area contributed by atoms with Gasteiger partial charge in [-0.15, -0.1) is 11.8 Å². The molecule has 2 aromatic rings. The lowest BCUT2D eigenvalue weighted by Crippen LogP contribution is -2.18. The summed E-state index contributed by atoms with van der Waals surface area (Å²) in [7, 11) is 0. The molecule has 0 saturated carbocycles. The van der Waals surface area contributed by atoms with Crippen LogP contribution < -0.4 is 5.73 Å². The first kappa shape index (κ1) is 15.1. The molecule has 0 aliphatic heterocycles. The Bertz CT molecular complexity index is 538. The van der Waals surface area contributed by atoms with Crippen LogP contribution in [0.2, 0.25) is 0 Å². The molecule has 2 unspecified atom stereocenters. The molecule has 1 aromatic heterocycles. The zero-order chi connectivity index (χ0) is 14.5. The van der Waals surface area contributed by atoms with Gasteiger partial charge < -0.3 is 10.3 Å². The zero-order valence-electron chi connectivity index (χ0n) is 12.2. The highest BCUT2D eigenvalue weighted by Gasteiger charge is 2.19. The van der Waals surface area contributed by atoms with E-state index in [1.165, 1.54) is 10.5 Å². The van der Waals surface area contributed by atoms with E-state index in [9.17, 15) is 0 Å². The Labute approximate surface area is 124 Å². The Morgan fingerprint density at radius 2 is 2.00 bits per heavy atom. The second-order valence-corrected chi connectivity index (χ2v) is 6.11. The Balaban J connectivity index is 1.94. The third-order valence-corrected chi connectivity index (χ3v) is 4.42. The van der Waals surface area contributed by atoms with Gasteiger partial charge in [0.2, 0.25) is 5.89 Å². The number of thioether (sulfide) groups is 1. The highest BCUT2D eigenvalue weighted by molar-refractivity contribution is 7.98. The molecule has 1 heterocycles. The predicted molar refractivity (Wildman–Crippen MR) is 81.4 cm³/mol. The molecule has 0 radical (unpaired) electrons. The van der Waals surface area contributed by atoms with Gasteiger partial charge in [-0.3, -0.25) is 0 Å². The molecule has 0 spiro atoms. The number of nitrogens with zero attached hydrogens (tertiary/aromatic N) is 2. The Morgan fingerprint density at radius 1 is 1.30 bits per heavy atom. The second-order valence-electron chi connectivity index (χ2n) is 5.06. The van der Waals surface area contributed by atoms with E-state index in [2.05, 4.69) is 55.2 Å². The van der Waals surface area contributed by atoms with Crippen molar-refractivity contribution in [2.75, 3.05) is 0 Å². The zero-order valence-corrected chi connectivity index (χ0v) is 13.0. The van der Waals surface area contributed by atoms with Crippen molar-refractivity contribution in [3.8, 4) is 0 Å². The molecule has 0 aliphatic carbocycles. The van der Waals surface area contributed by atoms with Crippen molar-refractivity contribution in [1.29, 1.82) is 0 Å². The molecule has 0 saturated heterocycles. The Hall–Kier alpha value is -1.33. The van der Waals surface area contributed by atoms with Crippen LogP contribution in [0.5, 0.6) is 0 Å². The maximum atomic E-state index is 6.08. The van der Waals surface area contributed by atoms with Crippen LogP contribution in [0.25, 0.3) is 0 Å². The standard InChI is InChI=1S/C15H21N3OS/c1-4-11(3)14(16)15-17-13(18-19-15)9-20-12-7-5-10(2)6-8-12/h5-8,11,14H,4,9,16H2,1-3H3. The maximum absolute atomic E-state index is 6.08. The smallest absolute Gasteiger partial charge is 0.243 e. The number of hydrogen-bond acceptors (Lipinski definition) is 5. The number of aromatic nitrogens is 2. The average molecular weight is 291 g/mol. The molecule has 2 N–H and O–H groups in total. The number of rotatable bonds is 6. The van der Waals surface area contributed by atoms with Gasteiger partial charge in [-0.05, 0) is 25.0 Å². The quantitative estimate of drug-likeness (QED) is 0.822. The molecule has 2 rings (SSSR count). The van der Waals surface area contributed by atoms with Crippen LogP contribution in [-0.2, 0) is 5.75 Å². The second kappa shape index (κ2) is 6.90. The van der Waals surface area contributed by atoms with Gasteiger partial charge in [-0.25, -0.2) is 0 Å². The van der Waals surface area contributed by atoms with Crippen LogP contribution in [-0.4, -0.2) is 10.1 Å². The fourth-order valence-electron chi connectivity index (χ4n) is 1.74. The summed E-state index contributed by atoms with van der Waals surface area (Å²) in [4.78, 5) is 5.59. The molecule has 2 atom stereocenters. The average Bonchev–Trinajstić information content (AvgIpc) is 2.94. The molecule has 1 aromatic carbocycles. The first-order valence-corrected chi connectivity index (χ1v) is 7.86. The molecule has 5 heteroatoms. The van der Waals surface area contributed by atoms with Crippen molar-refractivity contribution in [3.05, 3.63) is 41.5 Å². The van der Waals surface area contributed by atoms with E-state index >= 15 is 0 Å². The molecule has 108 valence electrons. The summed E-state index contributed by atoms with van der Waals surface area (Å²) in [5, 5.41) is 4.00. The minimum atomic E-state index is -0.175. The lowest BCUT2D eigenvalue weighted by atomic mass is 10.0. The van der Waals surface area contributed by atoms with E-state index in [-0.39, 0.29) is 6.04 Å². The normalized spacial score (nSPS) is 14.2. The molecular weight excluding hydrogens is 270 g/mol. The van der Waals surface area contributed by atoms with Crippen molar-refractivity contribution in [2.24, 2.45) is 11.7 Å². The molecule has 0 aliphatic rings. The van der Waals surface area contributed by atoms with E-state index in [4.69, 9.17) is 10.3 Å². The lowest BCUT2D eigenvalue weighted by molar-refractivity contribution is 0.311. The van der Waals surface area contributed by atoms with Gasteiger partial charge in [0, 0.05) is 4.90 Å². The first-order chi connectivity index (χ1) is 9.60. The summed E-state index contributed by atoms with van der Waals surface area (Å²) in [5.41, 5.74) is 7.34. The van der Waals surface area contributed by atoms with Crippen LogP contribution >= 0.6 is 11.8 Å². The summed E-state index contributed by atoms with van der Waals surface area (Å²) in [6, 6.07) is 8.23. The van der Waals surface area contributed by atoms with Crippen molar-refractivity contribution >= 4 is 11.8 Å². The number of hydrogen-bond donors (Lipinski definition) is 1. The SMILES string of the molecule is CCC(C)C(N)c1nc(CSc2ccc(C)cc2)no1. The van der Waals surface area contributed by atoms with E-state index < -0.39 is 0 Å². The van der Waals surface area contributed by atoms with Crippen molar-refractivity contribution in [1.82, 2.24) is 10.1 Å². The summed E-state index contributed by atoms with van der Waals surface area (Å²) in [5.74, 6) is 2.27. The highest BCUT2D eigenvalue weighted by atomic mass is 32.2. The fraction of sp³-hybridized carbons (Fsp3) is 0.467. The van der Waals surface area contributed by atoms with Gasteiger partial charge in [0.15, 0.2) is 5.82 Å². The van der Waals surface area contributed by atoms with Crippen LogP contribution in [0.3, 0.4) is 0 Å². The van der Waals surface area contributed by atoms with E-state index in [1.807, 2.05) is 0 Å².